The highest BCUT2D eigenvalue weighted by Crippen LogP contribution is 2.28. The Morgan fingerprint density at radius 2 is 2.25 bits per heavy atom. The van der Waals surface area contributed by atoms with Crippen LogP contribution in [0.4, 0.5) is 0 Å². The lowest BCUT2D eigenvalue weighted by Crippen LogP contribution is -1.97. The molecule has 0 saturated carbocycles. The Labute approximate surface area is 134 Å². The van der Waals surface area contributed by atoms with Crippen LogP contribution in [0, 0.1) is 0 Å². The quantitative estimate of drug-likeness (QED) is 0.749. The first-order chi connectivity index (χ1) is 9.47. The van der Waals surface area contributed by atoms with Gasteiger partial charge in [-0.25, -0.2) is 9.78 Å². The van der Waals surface area contributed by atoms with Crippen molar-refractivity contribution in [1.29, 1.82) is 0 Å². The summed E-state index contributed by atoms with van der Waals surface area (Å²) in [5.74, 6) is 0.282. The second-order valence-electron chi connectivity index (χ2n) is 4.57. The summed E-state index contributed by atoms with van der Waals surface area (Å²) < 4.78 is 0.602. The average Bonchev–Trinajstić information content (AvgIpc) is 2.86. The molecule has 1 heterocycles. The van der Waals surface area contributed by atoms with Crippen molar-refractivity contribution in [1.82, 2.24) is 4.98 Å². The molecule has 0 atom stereocenters. The van der Waals surface area contributed by atoms with E-state index >= 15 is 0 Å². The lowest BCUT2D eigenvalue weighted by molar-refractivity contribution is 0.0695. The Kier molecular flexibility index (Phi) is 5.23. The summed E-state index contributed by atoms with van der Waals surface area (Å²) >= 11 is 6.52. The molecule has 0 spiro atoms. The largest absolute Gasteiger partial charge is 0.478 e. The minimum Gasteiger partial charge on any atom is -0.478 e. The van der Waals surface area contributed by atoms with Crippen molar-refractivity contribution < 1.29 is 9.90 Å². The third-order valence-electron chi connectivity index (χ3n) is 2.62. The second kappa shape index (κ2) is 6.74. The first-order valence-electron chi connectivity index (χ1n) is 6.07. The molecule has 0 aliphatic rings. The molecule has 0 bridgehead atoms. The van der Waals surface area contributed by atoms with E-state index in [0.29, 0.717) is 10.4 Å². The molecule has 0 amide bonds. The number of benzene rings is 1. The molecule has 6 heteroatoms. The van der Waals surface area contributed by atoms with Gasteiger partial charge in [-0.1, -0.05) is 13.8 Å². The van der Waals surface area contributed by atoms with Gasteiger partial charge in [0, 0.05) is 26.4 Å². The van der Waals surface area contributed by atoms with Crippen molar-refractivity contribution in [2.75, 3.05) is 0 Å². The molecule has 1 aromatic heterocycles. The van der Waals surface area contributed by atoms with Gasteiger partial charge in [-0.15, -0.1) is 23.1 Å². The Bertz CT molecular complexity index is 625. The van der Waals surface area contributed by atoms with E-state index in [4.69, 9.17) is 5.11 Å². The zero-order valence-electron chi connectivity index (χ0n) is 11.1. The zero-order valence-corrected chi connectivity index (χ0v) is 14.3. The molecule has 0 unspecified atom stereocenters. The van der Waals surface area contributed by atoms with E-state index in [1.54, 1.807) is 35.2 Å². The number of rotatable bonds is 5. The van der Waals surface area contributed by atoms with E-state index in [0.717, 1.165) is 21.3 Å². The highest BCUT2D eigenvalue weighted by molar-refractivity contribution is 9.10. The number of thioether (sulfide) groups is 1. The fraction of sp³-hybridized carbons (Fsp3) is 0.286. The molecule has 20 heavy (non-hydrogen) atoms. The summed E-state index contributed by atoms with van der Waals surface area (Å²) in [6.45, 7) is 4.26. The third kappa shape index (κ3) is 3.84. The normalized spacial score (nSPS) is 11.0. The van der Waals surface area contributed by atoms with Crippen LogP contribution in [-0.2, 0) is 5.75 Å². The van der Waals surface area contributed by atoms with Crippen LogP contribution in [0.25, 0.3) is 0 Å². The minimum atomic E-state index is -0.921. The van der Waals surface area contributed by atoms with Crippen LogP contribution in [0.5, 0.6) is 0 Å². The fourth-order valence-electron chi connectivity index (χ4n) is 1.57. The molecule has 0 radical (unpaired) electrons. The van der Waals surface area contributed by atoms with Crippen molar-refractivity contribution in [3.63, 3.8) is 0 Å². The molecule has 1 N–H and O–H groups in total. The van der Waals surface area contributed by atoms with Gasteiger partial charge in [-0.3, -0.25) is 0 Å². The predicted molar refractivity (Wildman–Crippen MR) is 86.9 cm³/mol. The maximum Gasteiger partial charge on any atom is 0.336 e. The van der Waals surface area contributed by atoms with Gasteiger partial charge < -0.3 is 5.11 Å². The van der Waals surface area contributed by atoms with Crippen LogP contribution < -0.4 is 0 Å². The van der Waals surface area contributed by atoms with Crippen LogP contribution in [0.1, 0.15) is 40.8 Å². The Hall–Kier alpha value is -0.850. The van der Waals surface area contributed by atoms with Gasteiger partial charge in [0.15, 0.2) is 0 Å². The van der Waals surface area contributed by atoms with Crippen molar-refractivity contribution in [3.8, 4) is 0 Å². The SMILES string of the molecule is CC(C)c1nc(CSc2ccc(Br)c(C(=O)O)c2)cs1. The van der Waals surface area contributed by atoms with Gasteiger partial charge in [0.25, 0.3) is 0 Å². The minimum absolute atomic E-state index is 0.288. The number of aromatic carboxylic acids is 1. The standard InChI is InChI=1S/C14H14BrNO2S2/c1-8(2)13-16-9(7-20-13)6-19-10-3-4-12(15)11(5-10)14(17)18/h3-5,7-8H,6H2,1-2H3,(H,17,18). The predicted octanol–water partition coefficient (Wildman–Crippen LogP) is 5.02. The lowest BCUT2D eigenvalue weighted by Gasteiger charge is -2.03. The van der Waals surface area contributed by atoms with Crippen molar-refractivity contribution in [3.05, 3.63) is 44.3 Å². The molecule has 0 aliphatic heterocycles. The van der Waals surface area contributed by atoms with E-state index in [1.807, 2.05) is 6.07 Å². The fourth-order valence-corrected chi connectivity index (χ4v) is 3.75. The van der Waals surface area contributed by atoms with Crippen LogP contribution in [0.3, 0.4) is 0 Å². The molecule has 0 fully saturated rings. The van der Waals surface area contributed by atoms with Crippen molar-refractivity contribution >= 4 is 45.0 Å². The Morgan fingerprint density at radius 3 is 2.85 bits per heavy atom. The number of carbonyl (C=O) groups is 1. The average molecular weight is 372 g/mol. The van der Waals surface area contributed by atoms with E-state index in [9.17, 15) is 4.79 Å². The van der Waals surface area contributed by atoms with Gasteiger partial charge in [0.1, 0.15) is 0 Å². The maximum absolute atomic E-state index is 11.1. The number of halogens is 1. The monoisotopic (exact) mass is 371 g/mol. The summed E-state index contributed by atoms with van der Waals surface area (Å²) in [5, 5.41) is 12.3. The highest BCUT2D eigenvalue weighted by Gasteiger charge is 2.10. The van der Waals surface area contributed by atoms with E-state index in [-0.39, 0.29) is 5.56 Å². The first kappa shape index (κ1) is 15.5. The topological polar surface area (TPSA) is 50.2 Å². The van der Waals surface area contributed by atoms with Gasteiger partial charge in [-0.05, 0) is 34.1 Å². The number of carboxylic acids is 1. The molecule has 2 rings (SSSR count). The smallest absolute Gasteiger partial charge is 0.336 e. The number of aromatic nitrogens is 1. The van der Waals surface area contributed by atoms with Crippen molar-refractivity contribution in [2.45, 2.75) is 30.4 Å². The second-order valence-corrected chi connectivity index (χ2v) is 7.36. The highest BCUT2D eigenvalue weighted by atomic mass is 79.9. The molecule has 0 saturated heterocycles. The lowest BCUT2D eigenvalue weighted by atomic mass is 10.2. The zero-order chi connectivity index (χ0) is 14.7. The molecular formula is C14H14BrNO2S2. The third-order valence-corrected chi connectivity index (χ3v) is 5.53. The van der Waals surface area contributed by atoms with E-state index in [1.165, 1.54) is 0 Å². The molecule has 3 nitrogen and oxygen atoms in total. The van der Waals surface area contributed by atoms with Crippen molar-refractivity contribution in [2.24, 2.45) is 0 Å². The van der Waals surface area contributed by atoms with Gasteiger partial charge in [0.2, 0.25) is 0 Å². The van der Waals surface area contributed by atoms with Crippen LogP contribution in [0.15, 0.2) is 32.9 Å². The molecule has 106 valence electrons. The number of hydrogen-bond acceptors (Lipinski definition) is 4. The molecule has 0 aliphatic carbocycles. The summed E-state index contributed by atoms with van der Waals surface area (Å²) in [6.07, 6.45) is 0. The van der Waals surface area contributed by atoms with Gasteiger partial charge in [0.05, 0.1) is 16.3 Å². The number of carboxylic acid groups (broad SMARTS) is 1. The number of thiazole rings is 1. The number of nitrogens with zero attached hydrogens (tertiary/aromatic N) is 1. The molecule has 2 aromatic rings. The summed E-state index contributed by atoms with van der Waals surface area (Å²) in [5.41, 5.74) is 1.33. The first-order valence-corrected chi connectivity index (χ1v) is 8.73. The summed E-state index contributed by atoms with van der Waals surface area (Å²) in [6, 6.07) is 5.37. The number of hydrogen-bond donors (Lipinski definition) is 1. The Balaban J connectivity index is 2.06. The van der Waals surface area contributed by atoms with Crippen LogP contribution in [0.2, 0.25) is 0 Å². The van der Waals surface area contributed by atoms with Crippen LogP contribution >= 0.6 is 39.0 Å². The summed E-state index contributed by atoms with van der Waals surface area (Å²) in [7, 11) is 0. The maximum atomic E-state index is 11.1. The van der Waals surface area contributed by atoms with Gasteiger partial charge in [-0.2, -0.15) is 0 Å². The Morgan fingerprint density at radius 1 is 1.50 bits per heavy atom. The van der Waals surface area contributed by atoms with E-state index < -0.39 is 5.97 Å². The molecular weight excluding hydrogens is 358 g/mol. The molecule has 1 aromatic carbocycles. The van der Waals surface area contributed by atoms with E-state index in [2.05, 4.69) is 40.1 Å². The van der Waals surface area contributed by atoms with Crippen LogP contribution in [-0.4, -0.2) is 16.1 Å². The summed E-state index contributed by atoms with van der Waals surface area (Å²) in [4.78, 5) is 16.6. The van der Waals surface area contributed by atoms with Gasteiger partial charge >= 0.3 is 5.97 Å².